The number of piperidine rings is 1. The summed E-state index contributed by atoms with van der Waals surface area (Å²) in [6.07, 6.45) is 1.98. The van der Waals surface area contributed by atoms with Crippen molar-refractivity contribution in [3.8, 4) is 5.75 Å². The van der Waals surface area contributed by atoms with Gasteiger partial charge in [-0.05, 0) is 61.7 Å². The van der Waals surface area contributed by atoms with Gasteiger partial charge in [-0.3, -0.25) is 9.78 Å². The molecule has 1 N–H and O–H groups in total. The Hall–Kier alpha value is -3.38. The molecule has 1 aliphatic rings. The number of aryl methyl sites for hydroxylation is 1. The van der Waals surface area contributed by atoms with Crippen LogP contribution >= 0.6 is 0 Å². The summed E-state index contributed by atoms with van der Waals surface area (Å²) in [7, 11) is 3.34. The average Bonchev–Trinajstić information content (AvgIpc) is 2.84. The van der Waals surface area contributed by atoms with Crippen molar-refractivity contribution in [3.05, 3.63) is 83.2 Å². The minimum absolute atomic E-state index is 0.0750. The number of carbonyl (C=O) groups is 1. The highest BCUT2D eigenvalue weighted by Gasteiger charge is 2.26. The zero-order valence-electron chi connectivity index (χ0n) is 19.5. The first-order chi connectivity index (χ1) is 16.1. The Morgan fingerprint density at radius 3 is 2.67 bits per heavy atom. The number of rotatable bonds is 7. The van der Waals surface area contributed by atoms with Crippen LogP contribution in [-0.4, -0.2) is 43.1 Å². The molecule has 1 saturated heterocycles. The minimum atomic E-state index is 0.0750. The van der Waals surface area contributed by atoms with Gasteiger partial charge in [-0.25, -0.2) is 0 Å². The molecule has 2 heterocycles. The SMILES string of the molecule is COCc1ccc(C(=O)N2CCC[C@H](c3cc(Nc4cccc(OC)c4)cc(C)n3)C2)cc1. The molecule has 3 aromatic rings. The zero-order valence-corrected chi connectivity index (χ0v) is 19.5. The van der Waals surface area contributed by atoms with Gasteiger partial charge in [0, 0.05) is 60.5 Å². The molecule has 0 aliphatic carbocycles. The Morgan fingerprint density at radius 1 is 1.09 bits per heavy atom. The summed E-state index contributed by atoms with van der Waals surface area (Å²) in [6.45, 7) is 4.00. The number of amides is 1. The van der Waals surface area contributed by atoms with Crippen molar-refractivity contribution in [2.75, 3.05) is 32.6 Å². The largest absolute Gasteiger partial charge is 0.497 e. The molecular formula is C27H31N3O3. The van der Waals surface area contributed by atoms with Gasteiger partial charge in [0.1, 0.15) is 5.75 Å². The van der Waals surface area contributed by atoms with Gasteiger partial charge in [0.15, 0.2) is 0 Å². The highest BCUT2D eigenvalue weighted by atomic mass is 16.5. The summed E-state index contributed by atoms with van der Waals surface area (Å²) in [5.74, 6) is 1.09. The van der Waals surface area contributed by atoms with Crippen molar-refractivity contribution in [2.24, 2.45) is 0 Å². The number of nitrogens with zero attached hydrogens (tertiary/aromatic N) is 2. The van der Waals surface area contributed by atoms with Crippen LogP contribution in [0.2, 0.25) is 0 Å². The number of nitrogens with one attached hydrogen (secondary N) is 1. The van der Waals surface area contributed by atoms with Crippen molar-refractivity contribution >= 4 is 17.3 Å². The van der Waals surface area contributed by atoms with Crippen molar-refractivity contribution in [3.63, 3.8) is 0 Å². The first kappa shape index (κ1) is 22.8. The molecule has 0 spiro atoms. The third-order valence-electron chi connectivity index (χ3n) is 5.97. The molecule has 1 atom stereocenters. The van der Waals surface area contributed by atoms with Crippen molar-refractivity contribution in [1.82, 2.24) is 9.88 Å². The monoisotopic (exact) mass is 445 g/mol. The number of anilines is 2. The van der Waals surface area contributed by atoms with Gasteiger partial charge >= 0.3 is 0 Å². The second-order valence-corrected chi connectivity index (χ2v) is 8.50. The molecule has 4 rings (SSSR count). The van der Waals surface area contributed by atoms with E-state index in [4.69, 9.17) is 14.5 Å². The predicted molar refractivity (Wildman–Crippen MR) is 130 cm³/mol. The van der Waals surface area contributed by atoms with Crippen molar-refractivity contribution < 1.29 is 14.3 Å². The zero-order chi connectivity index (χ0) is 23.2. The third-order valence-corrected chi connectivity index (χ3v) is 5.97. The molecular weight excluding hydrogens is 414 g/mol. The molecule has 1 aromatic heterocycles. The van der Waals surface area contributed by atoms with E-state index < -0.39 is 0 Å². The second-order valence-electron chi connectivity index (χ2n) is 8.50. The number of pyridine rings is 1. The minimum Gasteiger partial charge on any atom is -0.497 e. The fourth-order valence-electron chi connectivity index (χ4n) is 4.34. The van der Waals surface area contributed by atoms with E-state index in [1.807, 2.05) is 66.4 Å². The van der Waals surface area contributed by atoms with Crippen LogP contribution in [0.4, 0.5) is 11.4 Å². The molecule has 2 aromatic carbocycles. The lowest BCUT2D eigenvalue weighted by molar-refractivity contribution is 0.0706. The molecule has 1 amide bonds. The van der Waals surface area contributed by atoms with Crippen LogP contribution in [0, 0.1) is 6.92 Å². The van der Waals surface area contributed by atoms with E-state index in [0.29, 0.717) is 18.7 Å². The van der Waals surface area contributed by atoms with Crippen LogP contribution in [0.5, 0.6) is 5.75 Å². The molecule has 0 radical (unpaired) electrons. The molecule has 0 unspecified atom stereocenters. The van der Waals surface area contributed by atoms with Gasteiger partial charge in [-0.15, -0.1) is 0 Å². The number of hydrogen-bond donors (Lipinski definition) is 1. The van der Waals surface area contributed by atoms with Gasteiger partial charge in [0.05, 0.1) is 13.7 Å². The summed E-state index contributed by atoms with van der Waals surface area (Å²) >= 11 is 0. The van der Waals surface area contributed by atoms with Crippen LogP contribution in [0.25, 0.3) is 0 Å². The highest BCUT2D eigenvalue weighted by Crippen LogP contribution is 2.30. The topological polar surface area (TPSA) is 63.7 Å². The summed E-state index contributed by atoms with van der Waals surface area (Å²) in [5.41, 5.74) is 5.70. The number of hydrogen-bond acceptors (Lipinski definition) is 5. The van der Waals surface area contributed by atoms with E-state index in [1.54, 1.807) is 14.2 Å². The molecule has 172 valence electrons. The summed E-state index contributed by atoms with van der Waals surface area (Å²) < 4.78 is 10.5. The Balaban J connectivity index is 1.48. The Labute approximate surface area is 195 Å². The maximum Gasteiger partial charge on any atom is 0.253 e. The predicted octanol–water partition coefficient (Wildman–Crippen LogP) is 5.31. The quantitative estimate of drug-likeness (QED) is 0.534. The maximum absolute atomic E-state index is 13.1. The van der Waals surface area contributed by atoms with Crippen LogP contribution in [0.3, 0.4) is 0 Å². The van der Waals surface area contributed by atoms with E-state index >= 15 is 0 Å². The van der Waals surface area contributed by atoms with Gasteiger partial charge in [-0.1, -0.05) is 18.2 Å². The lowest BCUT2D eigenvalue weighted by atomic mass is 9.93. The van der Waals surface area contributed by atoms with Crippen molar-refractivity contribution in [2.45, 2.75) is 32.3 Å². The van der Waals surface area contributed by atoms with E-state index in [-0.39, 0.29) is 11.8 Å². The fourth-order valence-corrected chi connectivity index (χ4v) is 4.34. The molecule has 0 saturated carbocycles. The normalized spacial score (nSPS) is 15.8. The number of carbonyl (C=O) groups excluding carboxylic acids is 1. The molecule has 6 heteroatoms. The smallest absolute Gasteiger partial charge is 0.253 e. The van der Waals surface area contributed by atoms with Crippen LogP contribution < -0.4 is 10.1 Å². The van der Waals surface area contributed by atoms with E-state index in [9.17, 15) is 4.79 Å². The summed E-state index contributed by atoms with van der Waals surface area (Å²) in [6, 6.07) is 19.7. The Kier molecular flexibility index (Phi) is 7.25. The summed E-state index contributed by atoms with van der Waals surface area (Å²) in [5, 5.41) is 3.46. The maximum atomic E-state index is 13.1. The lowest BCUT2D eigenvalue weighted by Gasteiger charge is -2.33. The van der Waals surface area contributed by atoms with Crippen LogP contribution in [-0.2, 0) is 11.3 Å². The van der Waals surface area contributed by atoms with Gasteiger partial charge in [0.25, 0.3) is 5.91 Å². The second kappa shape index (κ2) is 10.5. The number of ether oxygens (including phenoxy) is 2. The van der Waals surface area contributed by atoms with Gasteiger partial charge in [-0.2, -0.15) is 0 Å². The van der Waals surface area contributed by atoms with Gasteiger partial charge in [0.2, 0.25) is 0 Å². The molecule has 0 bridgehead atoms. The molecule has 1 aliphatic heterocycles. The average molecular weight is 446 g/mol. The molecule has 6 nitrogen and oxygen atoms in total. The van der Waals surface area contributed by atoms with Crippen molar-refractivity contribution in [1.29, 1.82) is 0 Å². The number of likely N-dealkylation sites (tertiary alicyclic amines) is 1. The molecule has 1 fully saturated rings. The van der Waals surface area contributed by atoms with Gasteiger partial charge < -0.3 is 19.7 Å². The van der Waals surface area contributed by atoms with E-state index in [2.05, 4.69) is 11.4 Å². The summed E-state index contributed by atoms with van der Waals surface area (Å²) in [4.78, 5) is 19.9. The first-order valence-electron chi connectivity index (χ1n) is 11.3. The third kappa shape index (κ3) is 5.71. The van der Waals surface area contributed by atoms with E-state index in [0.717, 1.165) is 53.5 Å². The first-order valence-corrected chi connectivity index (χ1v) is 11.3. The Bertz CT molecular complexity index is 1100. The lowest BCUT2D eigenvalue weighted by Crippen LogP contribution is -2.39. The van der Waals surface area contributed by atoms with E-state index in [1.165, 1.54) is 0 Å². The standard InChI is InChI=1S/C27H31N3O3/c1-19-14-24(29-23-7-4-8-25(15-23)33-3)16-26(28-19)22-6-5-13-30(17-22)27(31)21-11-9-20(10-12-21)18-32-2/h4,7-12,14-16,22H,5-6,13,17-18H2,1-3H3,(H,28,29)/t22-/m0/s1. The van der Waals surface area contributed by atoms with Crippen LogP contribution in [0.15, 0.2) is 60.7 Å². The number of aromatic nitrogens is 1. The molecule has 33 heavy (non-hydrogen) atoms. The number of methoxy groups -OCH3 is 2. The fraction of sp³-hybridized carbons (Fsp3) is 0.333. The Morgan fingerprint density at radius 2 is 1.91 bits per heavy atom. The highest BCUT2D eigenvalue weighted by molar-refractivity contribution is 5.94. The van der Waals surface area contributed by atoms with Crippen LogP contribution in [0.1, 0.15) is 46.1 Å². The number of benzene rings is 2.